The number of rotatable bonds is 4. The number of pyridine rings is 1. The normalized spacial score (nSPS) is 11.2. The quantitative estimate of drug-likeness (QED) is 0.409. The van der Waals surface area contributed by atoms with Crippen LogP contribution >= 0.6 is 23.8 Å². The van der Waals surface area contributed by atoms with Crippen LogP contribution in [0.3, 0.4) is 0 Å². The van der Waals surface area contributed by atoms with Gasteiger partial charge in [-0.2, -0.15) is 0 Å². The summed E-state index contributed by atoms with van der Waals surface area (Å²) >= 11 is 11.3. The number of hydrogen-bond acceptors (Lipinski definition) is 4. The maximum atomic E-state index is 14.0. The monoisotopic (exact) mass is 445 g/mol. The van der Waals surface area contributed by atoms with E-state index < -0.39 is 17.5 Å². The van der Waals surface area contributed by atoms with Crippen molar-refractivity contribution in [1.29, 1.82) is 0 Å². The van der Waals surface area contributed by atoms with Gasteiger partial charge in [0.2, 0.25) is 0 Å². The number of benzene rings is 2. The van der Waals surface area contributed by atoms with E-state index >= 15 is 0 Å². The van der Waals surface area contributed by atoms with Crippen LogP contribution in [0.15, 0.2) is 59.4 Å². The Balaban J connectivity index is 2.16. The highest BCUT2D eigenvalue weighted by Gasteiger charge is 2.21. The Kier molecular flexibility index (Phi) is 5.36. The molecule has 5 nitrogen and oxygen atoms in total. The number of aromatic nitrogens is 3. The summed E-state index contributed by atoms with van der Waals surface area (Å²) in [4.78, 5) is 19.6. The third-order valence-corrected chi connectivity index (χ3v) is 5.13. The fourth-order valence-corrected chi connectivity index (χ4v) is 3.64. The summed E-state index contributed by atoms with van der Waals surface area (Å²) in [5.74, 6) is 0.444. The van der Waals surface area contributed by atoms with E-state index in [-0.39, 0.29) is 21.5 Å². The van der Waals surface area contributed by atoms with Crippen LogP contribution < -0.4 is 10.3 Å². The van der Waals surface area contributed by atoms with E-state index in [1.807, 2.05) is 0 Å². The molecule has 152 valence electrons. The van der Waals surface area contributed by atoms with Crippen LogP contribution in [0.4, 0.5) is 8.78 Å². The highest BCUT2D eigenvalue weighted by Crippen LogP contribution is 2.32. The number of hydrogen-bond donors (Lipinski definition) is 1. The summed E-state index contributed by atoms with van der Waals surface area (Å²) in [6, 6.07) is 14.7. The molecule has 0 unspecified atom stereocenters. The van der Waals surface area contributed by atoms with Crippen LogP contribution in [0.5, 0.6) is 5.75 Å². The molecule has 2 aromatic heterocycles. The lowest BCUT2D eigenvalue weighted by atomic mass is 10.1. The van der Waals surface area contributed by atoms with Crippen LogP contribution in [0.2, 0.25) is 5.02 Å². The minimum Gasteiger partial charge on any atom is -0.495 e. The van der Waals surface area contributed by atoms with Gasteiger partial charge < -0.3 is 4.74 Å². The third-order valence-electron chi connectivity index (χ3n) is 4.59. The largest absolute Gasteiger partial charge is 0.495 e. The van der Waals surface area contributed by atoms with Crippen molar-refractivity contribution < 1.29 is 13.5 Å². The van der Waals surface area contributed by atoms with Gasteiger partial charge in [-0.25, -0.2) is 13.8 Å². The topological polar surface area (TPSA) is 59.9 Å². The number of nitrogens with one attached hydrogen (secondary N) is 1. The molecule has 0 radical (unpaired) electrons. The molecule has 30 heavy (non-hydrogen) atoms. The van der Waals surface area contributed by atoms with Gasteiger partial charge in [0.15, 0.2) is 10.4 Å². The van der Waals surface area contributed by atoms with Crippen LogP contribution in [-0.4, -0.2) is 21.6 Å². The first-order valence-electron chi connectivity index (χ1n) is 8.78. The number of nitrogens with zero attached hydrogens (tertiary/aromatic N) is 2. The van der Waals surface area contributed by atoms with E-state index in [9.17, 15) is 13.6 Å². The van der Waals surface area contributed by atoms with Crippen molar-refractivity contribution in [3.8, 4) is 22.7 Å². The molecular weight excluding hydrogens is 432 g/mol. The fourth-order valence-electron chi connectivity index (χ4n) is 3.24. The van der Waals surface area contributed by atoms with Gasteiger partial charge in [0, 0.05) is 16.1 Å². The van der Waals surface area contributed by atoms with E-state index in [1.54, 1.807) is 48.5 Å². The number of halogens is 3. The van der Waals surface area contributed by atoms with Crippen molar-refractivity contribution in [2.75, 3.05) is 7.11 Å². The Morgan fingerprint density at radius 3 is 2.53 bits per heavy atom. The number of H-pyrrole nitrogens is 1. The molecule has 0 saturated carbocycles. The van der Waals surface area contributed by atoms with Crippen LogP contribution in [0, 0.1) is 4.77 Å². The molecule has 0 aliphatic heterocycles. The number of alkyl halides is 2. The second-order valence-electron chi connectivity index (χ2n) is 6.37. The predicted octanol–water partition coefficient (Wildman–Crippen LogP) is 5.71. The van der Waals surface area contributed by atoms with Crippen LogP contribution in [0.1, 0.15) is 12.0 Å². The summed E-state index contributed by atoms with van der Waals surface area (Å²) in [6.07, 6.45) is -2.90. The van der Waals surface area contributed by atoms with Gasteiger partial charge in [0.05, 0.1) is 23.9 Å². The molecule has 4 aromatic rings. The average molecular weight is 446 g/mol. The van der Waals surface area contributed by atoms with Crippen molar-refractivity contribution in [2.24, 2.45) is 0 Å². The Hall–Kier alpha value is -3.10. The SMILES string of the molecule is COc1ccccc1-n1c(=S)[nH]c(=O)c2c(C(F)F)cc(-c3ccc(Cl)cc3)nc21. The van der Waals surface area contributed by atoms with E-state index in [1.165, 1.54) is 17.7 Å². The zero-order valence-electron chi connectivity index (χ0n) is 15.5. The summed E-state index contributed by atoms with van der Waals surface area (Å²) in [5, 5.41) is 0.268. The zero-order chi connectivity index (χ0) is 21.4. The van der Waals surface area contributed by atoms with Crippen molar-refractivity contribution >= 4 is 34.9 Å². The van der Waals surface area contributed by atoms with Crippen molar-refractivity contribution in [1.82, 2.24) is 14.5 Å². The molecule has 0 bridgehead atoms. The van der Waals surface area contributed by atoms with Gasteiger partial charge in [0.1, 0.15) is 5.75 Å². The minimum absolute atomic E-state index is 0.0102. The summed E-state index contributed by atoms with van der Waals surface area (Å²) < 4.78 is 34.7. The Morgan fingerprint density at radius 1 is 1.17 bits per heavy atom. The average Bonchev–Trinajstić information content (AvgIpc) is 2.73. The van der Waals surface area contributed by atoms with E-state index in [0.29, 0.717) is 22.0 Å². The number of fused-ring (bicyclic) bond motifs is 1. The van der Waals surface area contributed by atoms with Gasteiger partial charge >= 0.3 is 0 Å². The number of para-hydroxylation sites is 2. The first-order valence-corrected chi connectivity index (χ1v) is 9.57. The second-order valence-corrected chi connectivity index (χ2v) is 7.19. The minimum atomic E-state index is -2.90. The fraction of sp³-hybridized carbons (Fsp3) is 0.0952. The van der Waals surface area contributed by atoms with Gasteiger partial charge in [-0.15, -0.1) is 0 Å². The molecule has 0 aliphatic carbocycles. The predicted molar refractivity (Wildman–Crippen MR) is 114 cm³/mol. The molecule has 9 heteroatoms. The Morgan fingerprint density at radius 2 is 1.87 bits per heavy atom. The van der Waals surface area contributed by atoms with E-state index in [0.717, 1.165) is 0 Å². The molecule has 0 atom stereocenters. The van der Waals surface area contributed by atoms with Crippen molar-refractivity contribution in [3.05, 3.63) is 80.3 Å². The number of ether oxygens (including phenoxy) is 1. The van der Waals surface area contributed by atoms with Crippen molar-refractivity contribution in [3.63, 3.8) is 0 Å². The molecule has 0 aliphatic rings. The molecule has 0 fully saturated rings. The molecule has 2 heterocycles. The number of methoxy groups -OCH3 is 1. The molecule has 0 amide bonds. The third kappa shape index (κ3) is 3.48. The Bertz CT molecular complexity index is 1370. The lowest BCUT2D eigenvalue weighted by Gasteiger charge is -2.16. The molecule has 1 N–H and O–H groups in total. The van der Waals surface area contributed by atoms with Crippen molar-refractivity contribution in [2.45, 2.75) is 6.43 Å². The highest BCUT2D eigenvalue weighted by atomic mass is 35.5. The van der Waals surface area contributed by atoms with E-state index in [2.05, 4.69) is 9.97 Å². The lowest BCUT2D eigenvalue weighted by Crippen LogP contribution is -2.17. The van der Waals surface area contributed by atoms with Gasteiger partial charge in [-0.05, 0) is 42.5 Å². The Labute approximate surface area is 179 Å². The molecule has 2 aromatic carbocycles. The standard InChI is InChI=1S/C21H14ClF2N3O2S/c1-29-16-5-3-2-4-15(16)27-19-17(20(28)26-21(27)30)13(18(23)24)10-14(25-19)11-6-8-12(22)9-7-11/h2-10,18H,1H3,(H,26,28,30). The second kappa shape index (κ2) is 7.97. The zero-order valence-corrected chi connectivity index (χ0v) is 17.1. The lowest BCUT2D eigenvalue weighted by molar-refractivity contribution is 0.153. The van der Waals surface area contributed by atoms with Gasteiger partial charge in [-0.3, -0.25) is 14.3 Å². The smallest absolute Gasteiger partial charge is 0.264 e. The van der Waals surface area contributed by atoms with Gasteiger partial charge in [-0.1, -0.05) is 35.9 Å². The molecule has 0 saturated heterocycles. The highest BCUT2D eigenvalue weighted by molar-refractivity contribution is 7.71. The summed E-state index contributed by atoms with van der Waals surface area (Å²) in [5.41, 5.74) is 0.138. The molecular formula is C21H14ClF2N3O2S. The maximum Gasteiger partial charge on any atom is 0.264 e. The summed E-state index contributed by atoms with van der Waals surface area (Å²) in [7, 11) is 1.48. The van der Waals surface area contributed by atoms with Gasteiger partial charge in [0.25, 0.3) is 12.0 Å². The first-order chi connectivity index (χ1) is 14.4. The summed E-state index contributed by atoms with van der Waals surface area (Å²) in [6.45, 7) is 0. The number of aromatic amines is 1. The van der Waals surface area contributed by atoms with Crippen LogP contribution in [0.25, 0.3) is 28.0 Å². The maximum absolute atomic E-state index is 14.0. The van der Waals surface area contributed by atoms with E-state index in [4.69, 9.17) is 28.6 Å². The molecule has 0 spiro atoms. The van der Waals surface area contributed by atoms with Crippen LogP contribution in [-0.2, 0) is 0 Å². The first kappa shape index (κ1) is 20.2. The molecule has 4 rings (SSSR count).